The fraction of sp³-hybridized carbons (Fsp3) is 0.353. The van der Waals surface area contributed by atoms with Crippen molar-refractivity contribution in [1.82, 2.24) is 42.2 Å². The SMILES string of the molecule is Cc1cc(C(=O)NC(CCC(=O)O)C(=O)NC(CC(C(=O)O)C(=O)O)C(=O)NCc2ccc(C(=O)NC(Cc3ccc4ccccc4c3)C(=O)NCCCCC(NC(=O)NC(CCC(=O)O)C(=O)O)C(=O)O)cc2)ccn1. The Labute approximate surface area is 438 Å². The zero-order valence-corrected chi connectivity index (χ0v) is 41.4. The van der Waals surface area contributed by atoms with Crippen LogP contribution in [0, 0.1) is 12.8 Å². The first kappa shape index (κ1) is 60.1. The predicted octanol–water partition coefficient (Wildman–Crippen LogP) is 1.18. The highest BCUT2D eigenvalue weighted by molar-refractivity contribution is 6.00. The Balaban J connectivity index is 1.43. The second-order valence-electron chi connectivity index (χ2n) is 17.6. The normalized spacial score (nSPS) is 12.8. The van der Waals surface area contributed by atoms with Gasteiger partial charge in [-0.2, -0.15) is 0 Å². The molecule has 7 amide bonds. The molecule has 0 saturated heterocycles. The number of nitrogens with one attached hydrogen (secondary N) is 7. The third-order valence-corrected chi connectivity index (χ3v) is 11.8. The molecule has 0 aliphatic heterocycles. The summed E-state index contributed by atoms with van der Waals surface area (Å²) in [5, 5.41) is 74.9. The number of aryl methyl sites for hydroxylation is 1. The Morgan fingerprint density at radius 1 is 0.494 bits per heavy atom. The van der Waals surface area contributed by atoms with Crippen molar-refractivity contribution >= 4 is 82.2 Å². The van der Waals surface area contributed by atoms with Crippen LogP contribution in [0.15, 0.2) is 85.1 Å². The molecule has 5 atom stereocenters. The quantitative estimate of drug-likeness (QED) is 0.0249. The molecule has 13 N–H and O–H groups in total. The van der Waals surface area contributed by atoms with E-state index in [2.05, 4.69) is 36.9 Å². The van der Waals surface area contributed by atoms with Gasteiger partial charge in [0.1, 0.15) is 30.2 Å². The maximum atomic E-state index is 13.7. The summed E-state index contributed by atoms with van der Waals surface area (Å²) >= 11 is 0. The minimum absolute atomic E-state index is 0.00389. The van der Waals surface area contributed by atoms with Gasteiger partial charge in [0.25, 0.3) is 11.8 Å². The summed E-state index contributed by atoms with van der Waals surface area (Å²) in [5.74, 6) is -15.7. The number of benzene rings is 3. The number of pyridine rings is 1. The zero-order valence-electron chi connectivity index (χ0n) is 41.4. The van der Waals surface area contributed by atoms with Crippen molar-refractivity contribution in [3.05, 3.63) is 113 Å². The lowest BCUT2D eigenvalue weighted by Crippen LogP contribution is -2.54. The van der Waals surface area contributed by atoms with Crippen molar-refractivity contribution in [3.63, 3.8) is 0 Å². The van der Waals surface area contributed by atoms with Crippen LogP contribution in [-0.2, 0) is 56.1 Å². The molecule has 0 saturated carbocycles. The number of unbranched alkanes of at least 4 members (excludes halogenated alkanes) is 1. The Hall–Kier alpha value is -9.49. The van der Waals surface area contributed by atoms with E-state index in [1.54, 1.807) is 13.0 Å². The van der Waals surface area contributed by atoms with E-state index in [1.807, 2.05) is 41.7 Å². The van der Waals surface area contributed by atoms with Gasteiger partial charge in [-0.15, -0.1) is 0 Å². The van der Waals surface area contributed by atoms with Crippen LogP contribution in [0.4, 0.5) is 4.79 Å². The van der Waals surface area contributed by atoms with Gasteiger partial charge in [0, 0.05) is 61.8 Å². The summed E-state index contributed by atoms with van der Waals surface area (Å²) in [6, 6.07) is 12.5. The van der Waals surface area contributed by atoms with Gasteiger partial charge in [0.2, 0.25) is 17.7 Å². The van der Waals surface area contributed by atoms with Gasteiger partial charge in [-0.3, -0.25) is 48.1 Å². The summed E-state index contributed by atoms with van der Waals surface area (Å²) in [6.07, 6.45) is -1.49. The highest BCUT2D eigenvalue weighted by atomic mass is 16.4. The van der Waals surface area contributed by atoms with Crippen LogP contribution < -0.4 is 37.2 Å². The number of amides is 7. The third-order valence-electron chi connectivity index (χ3n) is 11.8. The number of nitrogens with zero attached hydrogens (tertiary/aromatic N) is 1. The number of carboxylic acids is 6. The lowest BCUT2D eigenvalue weighted by molar-refractivity contribution is -0.156. The number of urea groups is 1. The fourth-order valence-electron chi connectivity index (χ4n) is 7.60. The molecule has 0 radical (unpaired) electrons. The average Bonchev–Trinajstić information content (AvgIpc) is 3.37. The van der Waals surface area contributed by atoms with E-state index >= 15 is 0 Å². The van der Waals surface area contributed by atoms with Crippen LogP contribution in [-0.4, -0.2) is 144 Å². The summed E-state index contributed by atoms with van der Waals surface area (Å²) in [5.41, 5.74) is 1.63. The zero-order chi connectivity index (χ0) is 56.8. The molecule has 26 heteroatoms. The molecule has 4 rings (SSSR count). The maximum absolute atomic E-state index is 13.7. The van der Waals surface area contributed by atoms with Crippen molar-refractivity contribution < 1.29 is 88.2 Å². The molecule has 3 aromatic carbocycles. The molecule has 1 aromatic heterocycles. The van der Waals surface area contributed by atoms with Crippen LogP contribution in [0.2, 0.25) is 0 Å². The Morgan fingerprint density at radius 2 is 1.05 bits per heavy atom. The number of aromatic nitrogens is 1. The third kappa shape index (κ3) is 20.0. The number of carbonyl (C=O) groups excluding carboxylic acids is 6. The second-order valence-corrected chi connectivity index (χ2v) is 17.6. The number of carbonyl (C=O) groups is 12. The van der Waals surface area contributed by atoms with E-state index in [4.69, 9.17) is 5.11 Å². The van der Waals surface area contributed by atoms with Crippen LogP contribution >= 0.6 is 0 Å². The van der Waals surface area contributed by atoms with Crippen molar-refractivity contribution in [2.24, 2.45) is 5.92 Å². The van der Waals surface area contributed by atoms with Gasteiger partial charge >= 0.3 is 41.8 Å². The molecule has 5 unspecified atom stereocenters. The monoisotopic (exact) mass is 1070 g/mol. The molecule has 1 heterocycles. The summed E-state index contributed by atoms with van der Waals surface area (Å²) in [6.45, 7) is 1.30. The smallest absolute Gasteiger partial charge is 0.326 e. The molecular formula is C51H58N8O18. The molecule has 0 aliphatic carbocycles. The molecule has 410 valence electrons. The van der Waals surface area contributed by atoms with Crippen LogP contribution in [0.25, 0.3) is 10.8 Å². The maximum Gasteiger partial charge on any atom is 0.326 e. The standard InChI is InChI=1S/C51H58N8O18/c1-27-22-33(19-21-52-27)43(65)55-35(15-17-40(60)61)46(68)57-39(25-34(47(69)70)48(71)72)45(67)54-26-28-9-13-31(14-10-28)42(64)56-38(24-29-11-12-30-6-2-3-7-32(30)23-29)44(66)53-20-5-4-8-36(49(73)74)58-51(77)59-37(50(75)76)16-18-41(62)63/h2-3,6-7,9-14,19,21-23,34-39H,4-5,8,15-18,20,24-26H2,1H3,(H,53,66)(H,54,67)(H,55,65)(H,56,64)(H,57,68)(H,60,61)(H,62,63)(H,69,70)(H,71,72)(H,73,74)(H,75,76)(H2,58,59,77). The topological polar surface area (TPSA) is 423 Å². The first-order valence-electron chi connectivity index (χ1n) is 23.9. The summed E-state index contributed by atoms with van der Waals surface area (Å²) in [4.78, 5) is 153. The fourth-order valence-corrected chi connectivity index (χ4v) is 7.60. The number of rotatable bonds is 31. The van der Waals surface area contributed by atoms with Gasteiger partial charge in [0.15, 0.2) is 5.92 Å². The molecule has 26 nitrogen and oxygen atoms in total. The van der Waals surface area contributed by atoms with E-state index in [-0.39, 0.29) is 49.9 Å². The first-order chi connectivity index (χ1) is 36.5. The first-order valence-corrected chi connectivity index (χ1v) is 23.9. The lowest BCUT2D eigenvalue weighted by Gasteiger charge is -2.24. The predicted molar refractivity (Wildman–Crippen MR) is 268 cm³/mol. The van der Waals surface area contributed by atoms with E-state index in [0.717, 1.165) is 10.8 Å². The van der Waals surface area contributed by atoms with E-state index in [1.165, 1.54) is 42.6 Å². The average molecular weight is 1070 g/mol. The number of hydrogen-bond donors (Lipinski definition) is 13. The Kier molecular flexibility index (Phi) is 22.9. The van der Waals surface area contributed by atoms with Gasteiger partial charge in [0.05, 0.1) is 0 Å². The summed E-state index contributed by atoms with van der Waals surface area (Å²) < 4.78 is 0. The molecule has 0 fully saturated rings. The van der Waals surface area contributed by atoms with Gasteiger partial charge in [-0.05, 0) is 85.2 Å². The van der Waals surface area contributed by atoms with Gasteiger partial charge in [-0.1, -0.05) is 54.6 Å². The van der Waals surface area contributed by atoms with Crippen LogP contribution in [0.3, 0.4) is 0 Å². The minimum atomic E-state index is -2.19. The van der Waals surface area contributed by atoms with Crippen molar-refractivity contribution in [2.75, 3.05) is 6.54 Å². The molecular weight excluding hydrogens is 1010 g/mol. The van der Waals surface area contributed by atoms with E-state index < -0.39 is 140 Å². The highest BCUT2D eigenvalue weighted by Gasteiger charge is 2.35. The minimum Gasteiger partial charge on any atom is -0.481 e. The largest absolute Gasteiger partial charge is 0.481 e. The van der Waals surface area contributed by atoms with Crippen LogP contribution in [0.1, 0.15) is 88.9 Å². The highest BCUT2D eigenvalue weighted by Crippen LogP contribution is 2.18. The molecule has 0 spiro atoms. The van der Waals surface area contributed by atoms with Gasteiger partial charge < -0.3 is 67.9 Å². The summed E-state index contributed by atoms with van der Waals surface area (Å²) in [7, 11) is 0. The van der Waals surface area contributed by atoms with Crippen molar-refractivity contribution in [2.45, 2.75) is 101 Å². The Bertz CT molecular complexity index is 2830. The molecule has 77 heavy (non-hydrogen) atoms. The number of aliphatic carboxylic acids is 6. The van der Waals surface area contributed by atoms with Crippen molar-refractivity contribution in [3.8, 4) is 0 Å². The van der Waals surface area contributed by atoms with Crippen molar-refractivity contribution in [1.29, 1.82) is 0 Å². The molecule has 4 aromatic rings. The lowest BCUT2D eigenvalue weighted by atomic mass is 9.98. The molecule has 0 aliphatic rings. The number of hydrogen-bond acceptors (Lipinski definition) is 13. The number of fused-ring (bicyclic) bond motifs is 1. The number of carboxylic acid groups (broad SMARTS) is 6. The second kappa shape index (κ2) is 29.4. The van der Waals surface area contributed by atoms with E-state index in [0.29, 0.717) is 16.8 Å². The van der Waals surface area contributed by atoms with Gasteiger partial charge in [-0.25, -0.2) is 14.4 Å². The Morgan fingerprint density at radius 3 is 1.65 bits per heavy atom. The van der Waals surface area contributed by atoms with Crippen LogP contribution in [0.5, 0.6) is 0 Å². The van der Waals surface area contributed by atoms with E-state index in [9.17, 15) is 83.1 Å². The molecule has 0 bridgehead atoms.